The molecule has 2 N–H and O–H groups in total. The Labute approximate surface area is 122 Å². The molecule has 16 heavy (non-hydrogen) atoms. The number of rotatable bonds is 2. The Balaban J connectivity index is 2.35. The summed E-state index contributed by atoms with van der Waals surface area (Å²) in [4.78, 5) is 0. The Kier molecular flexibility index (Phi) is 4.13. The summed E-state index contributed by atoms with van der Waals surface area (Å²) in [6, 6.07) is 9.68. The van der Waals surface area contributed by atoms with Gasteiger partial charge in [0.05, 0.1) is 14.7 Å². The minimum Gasteiger partial charge on any atom is -0.320 e. The third kappa shape index (κ3) is 2.71. The van der Waals surface area contributed by atoms with E-state index in [1.165, 1.54) is 14.9 Å². The van der Waals surface area contributed by atoms with E-state index in [1.54, 1.807) is 0 Å². The molecule has 0 aliphatic heterocycles. The highest BCUT2D eigenvalue weighted by Crippen LogP contribution is 2.36. The highest BCUT2D eigenvalue weighted by Gasteiger charge is 2.15. The van der Waals surface area contributed by atoms with Gasteiger partial charge in [-0.15, -0.1) is 11.3 Å². The minimum atomic E-state index is -0.215. The van der Waals surface area contributed by atoms with Crippen molar-refractivity contribution in [1.29, 1.82) is 0 Å². The lowest BCUT2D eigenvalue weighted by molar-refractivity contribution is 0.877. The second kappa shape index (κ2) is 5.23. The minimum absolute atomic E-state index is 0.215. The molecule has 1 heterocycles. The number of benzene rings is 1. The fourth-order valence-corrected chi connectivity index (χ4v) is 3.32. The van der Waals surface area contributed by atoms with Crippen LogP contribution in [0.25, 0.3) is 0 Å². The van der Waals surface area contributed by atoms with Gasteiger partial charge in [0.25, 0.3) is 0 Å². The van der Waals surface area contributed by atoms with Crippen LogP contribution < -0.4 is 5.73 Å². The first-order valence-corrected chi connectivity index (χ1v) is 7.19. The van der Waals surface area contributed by atoms with E-state index in [0.29, 0.717) is 8.67 Å². The normalized spacial score (nSPS) is 12.8. The van der Waals surface area contributed by atoms with Crippen molar-refractivity contribution in [1.82, 2.24) is 0 Å². The molecule has 2 aromatic rings. The molecule has 0 saturated heterocycles. The molecule has 84 valence electrons. The number of hydrogen-bond acceptors (Lipinski definition) is 2. The van der Waals surface area contributed by atoms with Crippen LogP contribution in [0.15, 0.2) is 30.3 Å². The van der Waals surface area contributed by atoms with Crippen LogP contribution in [0.2, 0.25) is 8.67 Å². The lowest BCUT2D eigenvalue weighted by Crippen LogP contribution is -2.11. The van der Waals surface area contributed by atoms with Crippen molar-refractivity contribution in [3.63, 3.8) is 0 Å². The first-order valence-electron chi connectivity index (χ1n) is 4.53. The number of hydrogen-bond donors (Lipinski definition) is 1. The lowest BCUT2D eigenvalue weighted by atomic mass is 10.0. The molecule has 0 aliphatic carbocycles. The Morgan fingerprint density at radius 1 is 1.19 bits per heavy atom. The van der Waals surface area contributed by atoms with Gasteiger partial charge in [0.2, 0.25) is 0 Å². The summed E-state index contributed by atoms with van der Waals surface area (Å²) in [6.45, 7) is 0. The summed E-state index contributed by atoms with van der Waals surface area (Å²) in [5.41, 5.74) is 8.07. The van der Waals surface area contributed by atoms with Crippen molar-refractivity contribution < 1.29 is 0 Å². The van der Waals surface area contributed by atoms with Crippen molar-refractivity contribution in [3.05, 3.63) is 53.7 Å². The maximum absolute atomic E-state index is 6.14. The van der Waals surface area contributed by atoms with Crippen LogP contribution in [-0.4, -0.2) is 0 Å². The van der Waals surface area contributed by atoms with Crippen molar-refractivity contribution in [2.45, 2.75) is 6.04 Å². The lowest BCUT2D eigenvalue weighted by Gasteiger charge is -2.11. The molecule has 0 fully saturated rings. The quantitative estimate of drug-likeness (QED) is 0.747. The average Bonchev–Trinajstić information content (AvgIpc) is 2.58. The number of nitrogens with two attached hydrogens (primary N) is 1. The Morgan fingerprint density at radius 2 is 1.81 bits per heavy atom. The molecule has 0 amide bonds. The Morgan fingerprint density at radius 3 is 2.31 bits per heavy atom. The van der Waals surface area contributed by atoms with E-state index in [9.17, 15) is 0 Å². The zero-order valence-corrected chi connectivity index (χ0v) is 12.6. The summed E-state index contributed by atoms with van der Waals surface area (Å²) in [5, 5.41) is 0. The van der Waals surface area contributed by atoms with Crippen LogP contribution in [0.5, 0.6) is 0 Å². The molecule has 1 aromatic carbocycles. The fourth-order valence-electron chi connectivity index (χ4n) is 1.41. The van der Waals surface area contributed by atoms with Gasteiger partial charge in [-0.3, -0.25) is 0 Å². The van der Waals surface area contributed by atoms with Gasteiger partial charge in [0.1, 0.15) is 0 Å². The highest BCUT2D eigenvalue weighted by atomic mass is 127. The standard InChI is InChI=1S/C11H8Cl2INS/c12-9-5-8(11(13)16-9)10(15)6-1-3-7(14)4-2-6/h1-5,10H,15H2. The van der Waals surface area contributed by atoms with E-state index in [2.05, 4.69) is 22.6 Å². The maximum Gasteiger partial charge on any atom is 0.0995 e. The molecule has 5 heteroatoms. The Hall–Kier alpha value is 0.190. The second-order valence-corrected chi connectivity index (χ2v) is 6.84. The van der Waals surface area contributed by atoms with Crippen LogP contribution in [0, 0.1) is 3.57 Å². The summed E-state index contributed by atoms with van der Waals surface area (Å²) in [7, 11) is 0. The van der Waals surface area contributed by atoms with E-state index in [4.69, 9.17) is 28.9 Å². The van der Waals surface area contributed by atoms with Crippen LogP contribution in [0.1, 0.15) is 17.2 Å². The topological polar surface area (TPSA) is 26.0 Å². The van der Waals surface area contributed by atoms with Gasteiger partial charge >= 0.3 is 0 Å². The molecule has 1 aromatic heterocycles. The van der Waals surface area contributed by atoms with E-state index < -0.39 is 0 Å². The van der Waals surface area contributed by atoms with Gasteiger partial charge in [-0.2, -0.15) is 0 Å². The van der Waals surface area contributed by atoms with Gasteiger partial charge in [0.15, 0.2) is 0 Å². The first kappa shape index (κ1) is 12.6. The molecular formula is C11H8Cl2INS. The summed E-state index contributed by atoms with van der Waals surface area (Å²) < 4.78 is 2.51. The SMILES string of the molecule is NC(c1ccc(I)cc1)c1cc(Cl)sc1Cl. The third-order valence-corrected chi connectivity index (χ3v) is 4.48. The molecule has 2 rings (SSSR count). The molecule has 1 unspecified atom stereocenters. The van der Waals surface area contributed by atoms with Crippen molar-refractivity contribution in [2.75, 3.05) is 0 Å². The van der Waals surface area contributed by atoms with E-state index in [1.807, 2.05) is 30.3 Å². The molecule has 0 aliphatic rings. The predicted octanol–water partition coefficient (Wildman–Crippen LogP) is 4.71. The summed E-state index contributed by atoms with van der Waals surface area (Å²) >= 11 is 15.6. The smallest absolute Gasteiger partial charge is 0.0995 e. The van der Waals surface area contributed by atoms with Gasteiger partial charge in [-0.05, 0) is 46.4 Å². The molecule has 0 bridgehead atoms. The third-order valence-electron chi connectivity index (χ3n) is 2.25. The van der Waals surface area contributed by atoms with Crippen LogP contribution in [0.3, 0.4) is 0 Å². The molecule has 1 nitrogen and oxygen atoms in total. The molecule has 1 atom stereocenters. The molecule has 0 radical (unpaired) electrons. The van der Waals surface area contributed by atoms with Crippen LogP contribution in [0.4, 0.5) is 0 Å². The van der Waals surface area contributed by atoms with Crippen LogP contribution >= 0.6 is 57.1 Å². The van der Waals surface area contributed by atoms with E-state index in [-0.39, 0.29) is 6.04 Å². The number of thiophene rings is 1. The number of halogens is 3. The zero-order chi connectivity index (χ0) is 11.7. The van der Waals surface area contributed by atoms with Crippen molar-refractivity contribution in [3.8, 4) is 0 Å². The van der Waals surface area contributed by atoms with E-state index in [0.717, 1.165) is 11.1 Å². The predicted molar refractivity (Wildman–Crippen MR) is 79.5 cm³/mol. The fraction of sp³-hybridized carbons (Fsp3) is 0.0909. The van der Waals surface area contributed by atoms with Gasteiger partial charge in [-0.25, -0.2) is 0 Å². The summed E-state index contributed by atoms with van der Waals surface area (Å²) in [5.74, 6) is 0. The highest BCUT2D eigenvalue weighted by molar-refractivity contribution is 14.1. The average molecular weight is 384 g/mol. The van der Waals surface area contributed by atoms with E-state index >= 15 is 0 Å². The maximum atomic E-state index is 6.14. The Bertz CT molecular complexity index is 495. The van der Waals surface area contributed by atoms with Gasteiger partial charge in [0, 0.05) is 9.13 Å². The molecule has 0 saturated carbocycles. The largest absolute Gasteiger partial charge is 0.320 e. The van der Waals surface area contributed by atoms with Crippen molar-refractivity contribution in [2.24, 2.45) is 5.73 Å². The van der Waals surface area contributed by atoms with Gasteiger partial charge in [-0.1, -0.05) is 35.3 Å². The molecular weight excluding hydrogens is 376 g/mol. The second-order valence-electron chi connectivity index (χ2n) is 3.31. The monoisotopic (exact) mass is 383 g/mol. The van der Waals surface area contributed by atoms with Crippen LogP contribution in [-0.2, 0) is 0 Å². The zero-order valence-electron chi connectivity index (χ0n) is 8.08. The van der Waals surface area contributed by atoms with Crippen molar-refractivity contribution >= 4 is 57.1 Å². The first-order chi connectivity index (χ1) is 7.58. The van der Waals surface area contributed by atoms with Gasteiger partial charge < -0.3 is 5.73 Å². The molecule has 0 spiro atoms. The summed E-state index contributed by atoms with van der Waals surface area (Å²) in [6.07, 6.45) is 0.